The molecule has 0 rings (SSSR count). The minimum Gasteiger partial charge on any atom is -0.457 e. The molecule has 0 aromatic heterocycles. The molecule has 0 radical (unpaired) electrons. The van der Waals surface area contributed by atoms with Crippen LogP contribution in [0.1, 0.15) is 155 Å². The average molecular weight is 845 g/mol. The topological polar surface area (TPSA) is 91.3 Å². The molecule has 0 heterocycles. The molecule has 0 fully saturated rings. The lowest BCUT2D eigenvalue weighted by molar-refractivity contribution is -0.870. The van der Waals surface area contributed by atoms with E-state index in [1.54, 1.807) is 0 Å². The van der Waals surface area contributed by atoms with E-state index in [1.807, 2.05) is 21.1 Å². The Kier molecular flexibility index (Phi) is 40.3. The Morgan fingerprint density at radius 1 is 0.542 bits per heavy atom. The summed E-state index contributed by atoms with van der Waals surface area (Å²) in [5.74, 6) is -0.378. The van der Waals surface area contributed by atoms with E-state index in [9.17, 15) is 14.3 Å². The van der Waals surface area contributed by atoms with Crippen molar-refractivity contribution in [1.29, 1.82) is 0 Å². The highest BCUT2D eigenvalue weighted by Crippen LogP contribution is 2.43. The maximum atomic E-state index is 12.7. The zero-order valence-corrected chi connectivity index (χ0v) is 39.1. The number of carbonyl (C=O) groups is 1. The normalized spacial score (nSPS) is 14.6. The van der Waals surface area contributed by atoms with Crippen LogP contribution in [0.15, 0.2) is 97.2 Å². The predicted molar refractivity (Wildman–Crippen MR) is 251 cm³/mol. The van der Waals surface area contributed by atoms with Crippen molar-refractivity contribution in [3.05, 3.63) is 97.2 Å². The number of phosphoric acid groups is 1. The van der Waals surface area contributed by atoms with E-state index in [0.717, 1.165) is 77.0 Å². The second kappa shape index (κ2) is 42.1. The number of esters is 1. The maximum Gasteiger partial charge on any atom is 0.472 e. The molecule has 0 saturated heterocycles. The van der Waals surface area contributed by atoms with Gasteiger partial charge in [-0.2, -0.15) is 0 Å². The lowest BCUT2D eigenvalue weighted by Gasteiger charge is -2.24. The zero-order valence-electron chi connectivity index (χ0n) is 38.2. The molecule has 0 bridgehead atoms. The summed E-state index contributed by atoms with van der Waals surface area (Å²) in [5, 5.41) is 0. The van der Waals surface area contributed by atoms with Crippen LogP contribution in [0.25, 0.3) is 0 Å². The summed E-state index contributed by atoms with van der Waals surface area (Å²) in [6.07, 6.45) is 57.4. The number of likely N-dealkylation sites (N-methyl/N-ethyl adjacent to an activating group) is 1. The molecule has 2 unspecified atom stereocenters. The van der Waals surface area contributed by atoms with Crippen LogP contribution in [0.4, 0.5) is 0 Å². The fraction of sp³-hybridized carbons (Fsp3) is 0.660. The molecule has 59 heavy (non-hydrogen) atoms. The summed E-state index contributed by atoms with van der Waals surface area (Å²) in [6.45, 7) is 5.35. The molecule has 0 aliphatic carbocycles. The predicted octanol–water partition coefficient (Wildman–Crippen LogP) is 13.8. The van der Waals surface area contributed by atoms with Crippen LogP contribution >= 0.6 is 7.82 Å². The van der Waals surface area contributed by atoms with Crippen LogP contribution in [0.5, 0.6) is 0 Å². The van der Waals surface area contributed by atoms with Gasteiger partial charge in [-0.3, -0.25) is 13.8 Å². The molecule has 1 N–H and O–H groups in total. The van der Waals surface area contributed by atoms with Gasteiger partial charge in [0.2, 0.25) is 0 Å². The number of carbonyl (C=O) groups excluding carboxylic acids is 1. The van der Waals surface area contributed by atoms with Crippen molar-refractivity contribution in [3.8, 4) is 0 Å². The minimum atomic E-state index is -4.30. The molecular weight excluding hydrogens is 758 g/mol. The molecule has 0 saturated carbocycles. The van der Waals surface area contributed by atoms with Crippen LogP contribution in [0.3, 0.4) is 0 Å². The lowest BCUT2D eigenvalue weighted by atomic mass is 10.1. The highest BCUT2D eigenvalue weighted by atomic mass is 31.2. The number of quaternary nitrogens is 1. The summed E-state index contributed by atoms with van der Waals surface area (Å²) in [7, 11) is 1.61. The smallest absolute Gasteiger partial charge is 0.457 e. The molecule has 0 amide bonds. The number of allylic oxidation sites excluding steroid dienone is 16. The van der Waals surface area contributed by atoms with E-state index < -0.39 is 13.9 Å². The Balaban J connectivity index is 4.34. The van der Waals surface area contributed by atoms with Gasteiger partial charge in [-0.15, -0.1) is 0 Å². The van der Waals surface area contributed by atoms with E-state index in [-0.39, 0.29) is 32.2 Å². The van der Waals surface area contributed by atoms with Gasteiger partial charge in [0.15, 0.2) is 0 Å². The third kappa shape index (κ3) is 46.3. The number of hydrogen-bond donors (Lipinski definition) is 1. The first-order valence-electron chi connectivity index (χ1n) is 23.0. The average Bonchev–Trinajstić information content (AvgIpc) is 3.19. The van der Waals surface area contributed by atoms with E-state index in [0.29, 0.717) is 24.1 Å². The Labute approximate surface area is 362 Å². The van der Waals surface area contributed by atoms with Crippen molar-refractivity contribution in [1.82, 2.24) is 0 Å². The first-order chi connectivity index (χ1) is 28.6. The first-order valence-corrected chi connectivity index (χ1v) is 24.5. The summed E-state index contributed by atoms with van der Waals surface area (Å²) >= 11 is 0. The van der Waals surface area contributed by atoms with Gasteiger partial charge in [0.25, 0.3) is 0 Å². The van der Waals surface area contributed by atoms with Crippen LogP contribution < -0.4 is 0 Å². The molecule has 0 aromatic rings. The van der Waals surface area contributed by atoms with Crippen molar-refractivity contribution in [2.45, 2.75) is 161 Å². The second-order valence-electron chi connectivity index (χ2n) is 16.0. The highest BCUT2D eigenvalue weighted by molar-refractivity contribution is 7.47. The third-order valence-electron chi connectivity index (χ3n) is 9.13. The Morgan fingerprint density at radius 2 is 0.983 bits per heavy atom. The van der Waals surface area contributed by atoms with E-state index >= 15 is 0 Å². The molecule has 2 atom stereocenters. The number of ether oxygens (including phenoxy) is 2. The van der Waals surface area contributed by atoms with Crippen molar-refractivity contribution >= 4 is 13.8 Å². The maximum absolute atomic E-state index is 12.7. The Hall–Kier alpha value is -2.58. The lowest BCUT2D eigenvalue weighted by Crippen LogP contribution is -2.37. The Morgan fingerprint density at radius 3 is 1.47 bits per heavy atom. The van der Waals surface area contributed by atoms with Gasteiger partial charge in [-0.25, -0.2) is 4.57 Å². The number of rotatable bonds is 41. The molecule has 9 heteroatoms. The number of hydrogen-bond acceptors (Lipinski definition) is 6. The van der Waals surface area contributed by atoms with Gasteiger partial charge < -0.3 is 18.9 Å². The van der Waals surface area contributed by atoms with Gasteiger partial charge in [0.05, 0.1) is 34.4 Å². The largest absolute Gasteiger partial charge is 0.472 e. The standard InChI is InChI=1S/C50H86NO7P/c1-6-8-10-12-14-16-18-20-22-24-25-26-28-30-32-34-36-38-40-42-45-55-47-49(48-57-59(53,54)56-46-44-51(3,4)5)58-50(52)43-41-39-37-35-33-31-29-27-23-21-19-17-15-13-11-9-7-2/h9,11,14-17,20-23,25-26,29,31,35,37,49H,6-8,10,12-13,18-19,24,27-28,30,32-34,36,38-48H2,1-5H3/p+1/b11-9-,16-14-,17-15-,22-20-,23-21-,26-25-,31-29-,37-35-. The van der Waals surface area contributed by atoms with E-state index in [4.69, 9.17) is 18.5 Å². The summed E-state index contributed by atoms with van der Waals surface area (Å²) in [4.78, 5) is 22.9. The van der Waals surface area contributed by atoms with Crippen molar-refractivity contribution in [2.75, 3.05) is 54.1 Å². The number of unbranched alkanes of at least 4 members (excludes halogenated alkanes) is 11. The molecule has 0 aliphatic heterocycles. The Bertz CT molecular complexity index is 1260. The van der Waals surface area contributed by atoms with Crippen LogP contribution in [0, 0.1) is 0 Å². The quantitative estimate of drug-likeness (QED) is 0.0215. The third-order valence-corrected chi connectivity index (χ3v) is 10.1. The number of phosphoric ester groups is 1. The van der Waals surface area contributed by atoms with Crippen LogP contribution in [0.2, 0.25) is 0 Å². The number of nitrogens with zero attached hydrogens (tertiary/aromatic N) is 1. The minimum absolute atomic E-state index is 0.0701. The highest BCUT2D eigenvalue weighted by Gasteiger charge is 2.26. The fourth-order valence-corrected chi connectivity index (χ4v) is 6.33. The van der Waals surface area contributed by atoms with Crippen molar-refractivity contribution in [2.24, 2.45) is 0 Å². The molecule has 338 valence electrons. The van der Waals surface area contributed by atoms with Gasteiger partial charge in [0, 0.05) is 13.0 Å². The van der Waals surface area contributed by atoms with Gasteiger partial charge in [0.1, 0.15) is 19.3 Å². The fourth-order valence-electron chi connectivity index (χ4n) is 5.59. The van der Waals surface area contributed by atoms with Crippen LogP contribution in [-0.4, -0.2) is 75.6 Å². The molecule has 0 spiro atoms. The van der Waals surface area contributed by atoms with Gasteiger partial charge in [-0.05, 0) is 89.9 Å². The second-order valence-corrected chi connectivity index (χ2v) is 17.5. The van der Waals surface area contributed by atoms with Crippen molar-refractivity contribution < 1.29 is 37.3 Å². The SMILES string of the molecule is CC/C=C\C/C=C\C/C=C\C/C=C\C/C=C\CCCC(=O)OC(COCCCCCCCCC/C=C\C/C=C\C/C=C\CCCCC)COP(=O)(O)OCC[N+](C)(C)C. The molecular formula is C50H87NO7P+. The first kappa shape index (κ1) is 56.4. The summed E-state index contributed by atoms with van der Waals surface area (Å²) < 4.78 is 35.0. The van der Waals surface area contributed by atoms with E-state index in [1.165, 1.54) is 51.4 Å². The van der Waals surface area contributed by atoms with Gasteiger partial charge >= 0.3 is 13.8 Å². The molecule has 0 aliphatic rings. The molecule has 0 aromatic carbocycles. The summed E-state index contributed by atoms with van der Waals surface area (Å²) in [6, 6.07) is 0. The van der Waals surface area contributed by atoms with Gasteiger partial charge in [-0.1, -0.05) is 156 Å². The monoisotopic (exact) mass is 845 g/mol. The van der Waals surface area contributed by atoms with Crippen LogP contribution in [-0.2, 0) is 27.9 Å². The van der Waals surface area contributed by atoms with Crippen molar-refractivity contribution in [3.63, 3.8) is 0 Å². The molecule has 8 nitrogen and oxygen atoms in total. The van der Waals surface area contributed by atoms with E-state index in [2.05, 4.69) is 111 Å². The summed E-state index contributed by atoms with van der Waals surface area (Å²) in [5.41, 5.74) is 0. The zero-order chi connectivity index (χ0) is 43.4.